The van der Waals surface area contributed by atoms with Gasteiger partial charge in [0, 0.05) is 63.1 Å². The van der Waals surface area contributed by atoms with Gasteiger partial charge in [0.15, 0.2) is 5.65 Å². The van der Waals surface area contributed by atoms with Gasteiger partial charge in [-0.1, -0.05) is 6.42 Å². The largest absolute Gasteiger partial charge is 0.389 e. The van der Waals surface area contributed by atoms with Crippen LogP contribution in [0.5, 0.6) is 0 Å². The summed E-state index contributed by atoms with van der Waals surface area (Å²) in [5.41, 5.74) is 7.01. The van der Waals surface area contributed by atoms with Crippen LogP contribution in [0.4, 0.5) is 5.69 Å². The van der Waals surface area contributed by atoms with E-state index in [9.17, 15) is 10.2 Å². The summed E-state index contributed by atoms with van der Waals surface area (Å²) < 4.78 is 4.07. The third kappa shape index (κ3) is 4.37. The second kappa shape index (κ2) is 9.04. The lowest BCUT2D eigenvalue weighted by Gasteiger charge is -2.30. The van der Waals surface area contributed by atoms with E-state index in [4.69, 9.17) is 5.10 Å². The number of likely N-dealkylation sites (tertiary alicyclic amines) is 1. The minimum Gasteiger partial charge on any atom is -0.389 e. The maximum absolute atomic E-state index is 9.68. The van der Waals surface area contributed by atoms with Crippen molar-refractivity contribution in [2.45, 2.75) is 64.8 Å². The summed E-state index contributed by atoms with van der Waals surface area (Å²) in [4.78, 5) is 9.27. The fourth-order valence-corrected chi connectivity index (χ4v) is 5.34. The van der Waals surface area contributed by atoms with Crippen LogP contribution in [0.1, 0.15) is 41.9 Å². The minimum atomic E-state index is -0.589. The van der Waals surface area contributed by atoms with Crippen LogP contribution in [0.25, 0.3) is 11.0 Å². The van der Waals surface area contributed by atoms with E-state index in [1.807, 2.05) is 24.9 Å². The average Bonchev–Trinajstić information content (AvgIpc) is 3.43. The summed E-state index contributed by atoms with van der Waals surface area (Å²) in [7, 11) is 1.94. The van der Waals surface area contributed by atoms with Crippen molar-refractivity contribution in [3.05, 3.63) is 34.9 Å². The van der Waals surface area contributed by atoms with Crippen LogP contribution >= 0.6 is 0 Å². The molecule has 2 aliphatic rings. The Balaban J connectivity index is 1.21. The Labute approximate surface area is 194 Å². The number of unbranched alkanes of at least 4 members (excludes halogenated alkanes) is 2. The molecule has 0 aromatic carbocycles. The number of fused-ring (bicyclic) bond motifs is 2. The lowest BCUT2D eigenvalue weighted by molar-refractivity contribution is 0.0572. The lowest BCUT2D eigenvalue weighted by atomic mass is 10.0. The number of aryl methyl sites for hydroxylation is 4. The second-order valence-corrected chi connectivity index (χ2v) is 9.65. The third-order valence-electron chi connectivity index (χ3n) is 7.17. The Bertz CT molecular complexity index is 1130. The van der Waals surface area contributed by atoms with Gasteiger partial charge in [0.1, 0.15) is 0 Å². The monoisotopic (exact) mass is 453 g/mol. The number of aromatic nitrogens is 5. The van der Waals surface area contributed by atoms with Crippen molar-refractivity contribution >= 4 is 16.7 Å². The molecular formula is C24H35N7O2. The van der Waals surface area contributed by atoms with Crippen molar-refractivity contribution < 1.29 is 10.2 Å². The predicted molar refractivity (Wildman–Crippen MR) is 127 cm³/mol. The van der Waals surface area contributed by atoms with E-state index < -0.39 is 12.2 Å². The van der Waals surface area contributed by atoms with Crippen LogP contribution in [0.2, 0.25) is 0 Å². The number of nitrogens with zero attached hydrogens (tertiary/aromatic N) is 7. The van der Waals surface area contributed by atoms with Gasteiger partial charge in [-0.3, -0.25) is 14.3 Å². The molecule has 0 bridgehead atoms. The number of β-amino-alcohol motifs (C(OH)–C–C–N with tert-alkyl or cyclic N) is 2. The van der Waals surface area contributed by atoms with Gasteiger partial charge >= 0.3 is 0 Å². The van der Waals surface area contributed by atoms with Crippen molar-refractivity contribution in [1.82, 2.24) is 29.4 Å². The first-order chi connectivity index (χ1) is 15.9. The van der Waals surface area contributed by atoms with Crippen molar-refractivity contribution in [2.75, 3.05) is 31.1 Å². The van der Waals surface area contributed by atoms with Crippen molar-refractivity contribution in [3.63, 3.8) is 0 Å². The number of hydrogen-bond acceptors (Lipinski definition) is 7. The molecule has 3 aromatic rings. The van der Waals surface area contributed by atoms with Crippen LogP contribution in [-0.2, 0) is 26.6 Å². The maximum atomic E-state index is 9.68. The molecule has 0 spiro atoms. The Kier molecular flexibility index (Phi) is 6.11. The molecule has 5 heterocycles. The van der Waals surface area contributed by atoms with Crippen LogP contribution in [0.3, 0.4) is 0 Å². The first kappa shape index (κ1) is 22.3. The van der Waals surface area contributed by atoms with E-state index in [0.29, 0.717) is 13.1 Å². The van der Waals surface area contributed by atoms with Crippen molar-refractivity contribution in [2.24, 2.45) is 7.05 Å². The Morgan fingerprint density at radius 3 is 2.61 bits per heavy atom. The predicted octanol–water partition coefficient (Wildman–Crippen LogP) is 1.55. The first-order valence-electron chi connectivity index (χ1n) is 12.1. The number of aliphatic hydroxyl groups excluding tert-OH is 2. The molecule has 1 saturated heterocycles. The number of pyridine rings is 1. The smallest absolute Gasteiger partial charge is 0.159 e. The quantitative estimate of drug-likeness (QED) is 0.524. The molecule has 9 heteroatoms. The fourth-order valence-electron chi connectivity index (χ4n) is 5.34. The Morgan fingerprint density at radius 1 is 1.06 bits per heavy atom. The highest BCUT2D eigenvalue weighted by molar-refractivity contribution is 5.89. The van der Waals surface area contributed by atoms with Gasteiger partial charge in [-0.25, -0.2) is 4.98 Å². The van der Waals surface area contributed by atoms with E-state index in [1.165, 1.54) is 16.9 Å². The van der Waals surface area contributed by atoms with Crippen LogP contribution in [0, 0.1) is 13.8 Å². The zero-order valence-corrected chi connectivity index (χ0v) is 19.9. The molecule has 3 aromatic heterocycles. The van der Waals surface area contributed by atoms with E-state index >= 15 is 0 Å². The van der Waals surface area contributed by atoms with Gasteiger partial charge in [-0.2, -0.15) is 10.2 Å². The molecule has 0 unspecified atom stereocenters. The SMILES string of the molecule is Cc1cc(N2CCc3c(c(C)nn3CCCCCN3C[C@@H](O)[C@@H](O)C3)C2)c2cnn(C)c2n1. The highest BCUT2D eigenvalue weighted by atomic mass is 16.3. The van der Waals surface area contributed by atoms with Gasteiger partial charge in [0.2, 0.25) is 0 Å². The first-order valence-corrected chi connectivity index (χ1v) is 12.1. The number of anilines is 1. The van der Waals surface area contributed by atoms with Gasteiger partial charge in [-0.15, -0.1) is 0 Å². The topological polar surface area (TPSA) is 95.5 Å². The van der Waals surface area contributed by atoms with Gasteiger partial charge in [-0.05, 0) is 39.3 Å². The molecule has 1 fully saturated rings. The van der Waals surface area contributed by atoms with Gasteiger partial charge in [0.25, 0.3) is 0 Å². The second-order valence-electron chi connectivity index (χ2n) is 9.65. The number of aliphatic hydroxyl groups is 2. The maximum Gasteiger partial charge on any atom is 0.159 e. The zero-order valence-electron chi connectivity index (χ0n) is 19.9. The molecular weight excluding hydrogens is 418 g/mol. The molecule has 178 valence electrons. The summed E-state index contributed by atoms with van der Waals surface area (Å²) in [5.74, 6) is 0. The fraction of sp³-hybridized carbons (Fsp3) is 0.625. The van der Waals surface area contributed by atoms with E-state index in [2.05, 4.69) is 37.6 Å². The summed E-state index contributed by atoms with van der Waals surface area (Å²) in [6.45, 7) is 9.07. The van der Waals surface area contributed by atoms with Crippen LogP contribution < -0.4 is 4.90 Å². The normalized spacial score (nSPS) is 21.3. The summed E-state index contributed by atoms with van der Waals surface area (Å²) >= 11 is 0. The number of hydrogen-bond donors (Lipinski definition) is 2. The van der Waals surface area contributed by atoms with E-state index in [0.717, 1.165) is 74.3 Å². The summed E-state index contributed by atoms with van der Waals surface area (Å²) in [6.07, 6.45) is 5.03. The summed E-state index contributed by atoms with van der Waals surface area (Å²) in [6, 6.07) is 2.17. The third-order valence-corrected chi connectivity index (χ3v) is 7.17. The Hall–Kier alpha value is -2.49. The molecule has 2 N–H and O–H groups in total. The van der Waals surface area contributed by atoms with E-state index in [-0.39, 0.29) is 0 Å². The van der Waals surface area contributed by atoms with Crippen molar-refractivity contribution in [3.8, 4) is 0 Å². The molecule has 0 aliphatic carbocycles. The van der Waals surface area contributed by atoms with Gasteiger partial charge < -0.3 is 15.1 Å². The molecule has 5 rings (SSSR count). The van der Waals surface area contributed by atoms with E-state index in [1.54, 1.807) is 0 Å². The standard InChI is InChI=1S/C24H35N7O2/c1-16-11-21(18-12-25-28(3)24(18)26-16)30-10-7-20-19(13-30)17(2)27-31(20)9-6-4-5-8-29-14-22(32)23(33)15-29/h11-12,22-23,32-33H,4-10,13-15H2,1-3H3/t22-,23+. The van der Waals surface area contributed by atoms with Crippen molar-refractivity contribution in [1.29, 1.82) is 0 Å². The van der Waals surface area contributed by atoms with Gasteiger partial charge in [0.05, 0.1) is 35.2 Å². The number of rotatable bonds is 7. The van der Waals surface area contributed by atoms with Crippen LogP contribution in [-0.4, -0.2) is 78.0 Å². The molecule has 0 saturated carbocycles. The highest BCUT2D eigenvalue weighted by Crippen LogP contribution is 2.32. The van der Waals surface area contributed by atoms with Crippen LogP contribution in [0.15, 0.2) is 12.3 Å². The molecule has 2 atom stereocenters. The summed E-state index contributed by atoms with van der Waals surface area (Å²) in [5, 5.41) is 29.8. The minimum absolute atomic E-state index is 0.589. The molecule has 2 aliphatic heterocycles. The zero-order chi connectivity index (χ0) is 23.1. The molecule has 0 amide bonds. The average molecular weight is 454 g/mol. The highest BCUT2D eigenvalue weighted by Gasteiger charge is 2.29. The lowest BCUT2D eigenvalue weighted by Crippen LogP contribution is -2.31. The molecule has 0 radical (unpaired) electrons. The Morgan fingerprint density at radius 2 is 1.82 bits per heavy atom. The molecule has 33 heavy (non-hydrogen) atoms. The molecule has 9 nitrogen and oxygen atoms in total.